The van der Waals surface area contributed by atoms with Crippen LogP contribution in [0.5, 0.6) is 0 Å². The SMILES string of the molecule is CC(C)CCCCCCCCCc1cccc2[nH]cnc12. The molecule has 2 rings (SSSR count). The van der Waals surface area contributed by atoms with Crippen molar-refractivity contribution in [3.63, 3.8) is 0 Å². The molecule has 0 bridgehead atoms. The molecule has 1 heterocycles. The first-order valence-electron chi connectivity index (χ1n) is 8.68. The van der Waals surface area contributed by atoms with E-state index in [1.807, 2.05) is 0 Å². The molecule has 0 aliphatic carbocycles. The second-order valence-electron chi connectivity index (χ2n) is 6.62. The monoisotopic (exact) mass is 286 g/mol. The van der Waals surface area contributed by atoms with E-state index in [1.54, 1.807) is 6.33 Å². The molecule has 21 heavy (non-hydrogen) atoms. The Labute approximate surface area is 129 Å². The standard InChI is InChI=1S/C19H30N2/c1-16(2)11-8-6-4-3-5-7-9-12-17-13-10-14-18-19(17)21-15-20-18/h10,13-16H,3-9,11-12H2,1-2H3,(H,20,21). The van der Waals surface area contributed by atoms with Gasteiger partial charge in [0.25, 0.3) is 0 Å². The van der Waals surface area contributed by atoms with Crippen molar-refractivity contribution in [1.29, 1.82) is 0 Å². The Bertz CT molecular complexity index is 513. The number of aromatic amines is 1. The van der Waals surface area contributed by atoms with Crippen molar-refractivity contribution in [1.82, 2.24) is 9.97 Å². The van der Waals surface area contributed by atoms with Crippen molar-refractivity contribution < 1.29 is 0 Å². The zero-order valence-electron chi connectivity index (χ0n) is 13.7. The largest absolute Gasteiger partial charge is 0.345 e. The summed E-state index contributed by atoms with van der Waals surface area (Å²) in [5.41, 5.74) is 3.72. The quantitative estimate of drug-likeness (QED) is 0.543. The first-order chi connectivity index (χ1) is 10.3. The summed E-state index contributed by atoms with van der Waals surface area (Å²) in [6.07, 6.45) is 14.0. The average Bonchev–Trinajstić information content (AvgIpc) is 2.94. The van der Waals surface area contributed by atoms with E-state index in [-0.39, 0.29) is 0 Å². The van der Waals surface area contributed by atoms with Crippen LogP contribution in [0.25, 0.3) is 11.0 Å². The number of para-hydroxylation sites is 1. The molecule has 2 aromatic rings. The van der Waals surface area contributed by atoms with Crippen molar-refractivity contribution in [2.75, 3.05) is 0 Å². The van der Waals surface area contributed by atoms with Gasteiger partial charge in [0.1, 0.15) is 0 Å². The molecular formula is C19H30N2. The number of unbranched alkanes of at least 4 members (excludes halogenated alkanes) is 6. The van der Waals surface area contributed by atoms with Gasteiger partial charge in [0.2, 0.25) is 0 Å². The van der Waals surface area contributed by atoms with Crippen LogP contribution >= 0.6 is 0 Å². The van der Waals surface area contributed by atoms with Crippen LogP contribution in [0.3, 0.4) is 0 Å². The predicted octanol–water partition coefficient (Wildman–Crippen LogP) is 5.88. The molecule has 1 N–H and O–H groups in total. The van der Waals surface area contributed by atoms with E-state index in [4.69, 9.17) is 0 Å². The van der Waals surface area contributed by atoms with Crippen molar-refractivity contribution in [2.45, 2.75) is 71.6 Å². The van der Waals surface area contributed by atoms with E-state index in [1.165, 1.54) is 56.9 Å². The van der Waals surface area contributed by atoms with Gasteiger partial charge in [-0.2, -0.15) is 0 Å². The molecular weight excluding hydrogens is 256 g/mol. The summed E-state index contributed by atoms with van der Waals surface area (Å²) in [7, 11) is 0. The first kappa shape index (κ1) is 16.1. The molecule has 0 aliphatic rings. The van der Waals surface area contributed by atoms with E-state index in [9.17, 15) is 0 Å². The molecule has 0 saturated heterocycles. The molecule has 0 saturated carbocycles. The van der Waals surface area contributed by atoms with E-state index >= 15 is 0 Å². The molecule has 0 radical (unpaired) electrons. The van der Waals surface area contributed by atoms with Gasteiger partial charge in [-0.15, -0.1) is 0 Å². The molecule has 1 aromatic carbocycles. The topological polar surface area (TPSA) is 28.7 Å². The van der Waals surface area contributed by atoms with E-state index < -0.39 is 0 Å². The van der Waals surface area contributed by atoms with Crippen LogP contribution in [-0.4, -0.2) is 9.97 Å². The molecule has 0 amide bonds. The van der Waals surface area contributed by atoms with Crippen LogP contribution in [0.2, 0.25) is 0 Å². The summed E-state index contributed by atoms with van der Waals surface area (Å²) in [5, 5.41) is 0. The Kier molecular flexibility index (Phi) is 6.78. The van der Waals surface area contributed by atoms with E-state index in [2.05, 4.69) is 42.0 Å². The maximum absolute atomic E-state index is 4.43. The predicted molar refractivity (Wildman–Crippen MR) is 91.6 cm³/mol. The third kappa shape index (κ3) is 5.53. The van der Waals surface area contributed by atoms with Crippen LogP contribution < -0.4 is 0 Å². The van der Waals surface area contributed by atoms with Crippen molar-refractivity contribution in [3.05, 3.63) is 30.1 Å². The number of hydrogen-bond acceptors (Lipinski definition) is 1. The molecule has 0 atom stereocenters. The third-order valence-electron chi connectivity index (χ3n) is 4.26. The number of imidazole rings is 1. The van der Waals surface area contributed by atoms with Gasteiger partial charge in [-0.25, -0.2) is 4.98 Å². The lowest BCUT2D eigenvalue weighted by Crippen LogP contribution is -1.89. The van der Waals surface area contributed by atoms with Gasteiger partial charge in [0.15, 0.2) is 0 Å². The number of nitrogens with zero attached hydrogens (tertiary/aromatic N) is 1. The fourth-order valence-electron chi connectivity index (χ4n) is 2.98. The maximum Gasteiger partial charge on any atom is 0.0931 e. The number of H-pyrrole nitrogens is 1. The first-order valence-corrected chi connectivity index (χ1v) is 8.68. The Morgan fingerprint density at radius 3 is 2.43 bits per heavy atom. The number of aromatic nitrogens is 2. The van der Waals surface area contributed by atoms with Gasteiger partial charge < -0.3 is 4.98 Å². The summed E-state index contributed by atoms with van der Waals surface area (Å²) < 4.78 is 0. The normalized spacial score (nSPS) is 11.6. The second kappa shape index (κ2) is 8.86. The smallest absolute Gasteiger partial charge is 0.0931 e. The number of benzene rings is 1. The van der Waals surface area contributed by atoms with Crippen LogP contribution in [0.4, 0.5) is 0 Å². The molecule has 0 unspecified atom stereocenters. The summed E-state index contributed by atoms with van der Waals surface area (Å²) in [4.78, 5) is 7.61. The van der Waals surface area contributed by atoms with Gasteiger partial charge >= 0.3 is 0 Å². The van der Waals surface area contributed by atoms with Gasteiger partial charge in [0.05, 0.1) is 17.4 Å². The van der Waals surface area contributed by atoms with E-state index in [0.717, 1.165) is 23.4 Å². The van der Waals surface area contributed by atoms with Crippen molar-refractivity contribution >= 4 is 11.0 Å². The lowest BCUT2D eigenvalue weighted by molar-refractivity contribution is 0.509. The highest BCUT2D eigenvalue weighted by atomic mass is 14.9. The Hall–Kier alpha value is -1.31. The minimum absolute atomic E-state index is 0.870. The summed E-state index contributed by atoms with van der Waals surface area (Å²) in [6, 6.07) is 6.45. The summed E-state index contributed by atoms with van der Waals surface area (Å²) >= 11 is 0. The molecule has 2 nitrogen and oxygen atoms in total. The van der Waals surface area contributed by atoms with Crippen LogP contribution in [-0.2, 0) is 6.42 Å². The molecule has 0 spiro atoms. The minimum atomic E-state index is 0.870. The highest BCUT2D eigenvalue weighted by Crippen LogP contribution is 2.18. The van der Waals surface area contributed by atoms with Crippen molar-refractivity contribution in [3.8, 4) is 0 Å². The van der Waals surface area contributed by atoms with Gasteiger partial charge in [-0.05, 0) is 30.4 Å². The number of hydrogen-bond donors (Lipinski definition) is 1. The molecule has 1 aromatic heterocycles. The Morgan fingerprint density at radius 1 is 0.952 bits per heavy atom. The van der Waals surface area contributed by atoms with Gasteiger partial charge in [-0.1, -0.05) is 70.9 Å². The van der Waals surface area contributed by atoms with Crippen LogP contribution in [0.15, 0.2) is 24.5 Å². The van der Waals surface area contributed by atoms with Crippen LogP contribution in [0.1, 0.15) is 70.8 Å². The number of aryl methyl sites for hydroxylation is 1. The Balaban J connectivity index is 1.55. The average molecular weight is 286 g/mol. The zero-order valence-corrected chi connectivity index (χ0v) is 13.7. The number of nitrogens with one attached hydrogen (secondary N) is 1. The molecule has 0 aliphatic heterocycles. The lowest BCUT2D eigenvalue weighted by atomic mass is 10.0. The fraction of sp³-hybridized carbons (Fsp3) is 0.632. The van der Waals surface area contributed by atoms with E-state index in [0.29, 0.717) is 0 Å². The minimum Gasteiger partial charge on any atom is -0.345 e. The number of fused-ring (bicyclic) bond motifs is 1. The van der Waals surface area contributed by atoms with Gasteiger partial charge in [-0.3, -0.25) is 0 Å². The summed E-state index contributed by atoms with van der Waals surface area (Å²) in [5.74, 6) is 0.870. The fourth-order valence-corrected chi connectivity index (χ4v) is 2.98. The maximum atomic E-state index is 4.43. The Morgan fingerprint density at radius 2 is 1.67 bits per heavy atom. The zero-order chi connectivity index (χ0) is 14.9. The molecule has 0 fully saturated rings. The molecule has 116 valence electrons. The van der Waals surface area contributed by atoms with Gasteiger partial charge in [0, 0.05) is 0 Å². The summed E-state index contributed by atoms with van der Waals surface area (Å²) in [6.45, 7) is 4.64. The highest BCUT2D eigenvalue weighted by Gasteiger charge is 2.02. The third-order valence-corrected chi connectivity index (χ3v) is 4.26. The lowest BCUT2D eigenvalue weighted by Gasteiger charge is -2.05. The highest BCUT2D eigenvalue weighted by molar-refractivity contribution is 5.78. The van der Waals surface area contributed by atoms with Crippen LogP contribution in [0, 0.1) is 5.92 Å². The number of rotatable bonds is 10. The molecule has 2 heteroatoms. The second-order valence-corrected chi connectivity index (χ2v) is 6.62. The van der Waals surface area contributed by atoms with Crippen molar-refractivity contribution in [2.24, 2.45) is 5.92 Å².